The minimum atomic E-state index is -4.30. The lowest BCUT2D eigenvalue weighted by Gasteiger charge is -2.65. The van der Waals surface area contributed by atoms with E-state index in [1.54, 1.807) is 24.3 Å². The molecule has 0 spiro atoms. The van der Waals surface area contributed by atoms with E-state index in [4.69, 9.17) is 4.74 Å². The third-order valence-electron chi connectivity index (χ3n) is 10.2. The van der Waals surface area contributed by atoms with Crippen molar-refractivity contribution >= 4 is 27.6 Å². The average Bonchev–Trinajstić information content (AvgIpc) is 3.43. The molecular formula is C31H34F4N6O5S. The number of aromatic nitrogens is 4. The van der Waals surface area contributed by atoms with Crippen LogP contribution in [0.3, 0.4) is 0 Å². The predicted molar refractivity (Wildman–Crippen MR) is 158 cm³/mol. The largest absolute Gasteiger partial charge is 0.445 e. The van der Waals surface area contributed by atoms with Gasteiger partial charge in [0.1, 0.15) is 12.3 Å². The first-order valence-corrected chi connectivity index (χ1v) is 17.5. The summed E-state index contributed by atoms with van der Waals surface area (Å²) < 4.78 is 86.6. The molecule has 1 aliphatic heterocycles. The Hall–Kier alpha value is -3.82. The number of rotatable bonds is 7. The van der Waals surface area contributed by atoms with Crippen LogP contribution in [0.4, 0.5) is 22.4 Å². The molecule has 0 radical (unpaired) electrons. The van der Waals surface area contributed by atoms with E-state index in [2.05, 4.69) is 20.4 Å². The number of carbonyl (C=O) groups is 2. The van der Waals surface area contributed by atoms with Crippen LogP contribution >= 0.6 is 0 Å². The molecule has 2 atom stereocenters. The van der Waals surface area contributed by atoms with Gasteiger partial charge in [-0.05, 0) is 56.4 Å². The number of benzene rings is 1. The van der Waals surface area contributed by atoms with Gasteiger partial charge in [0.05, 0.1) is 58.7 Å². The van der Waals surface area contributed by atoms with Crippen LogP contribution in [0.5, 0.6) is 0 Å². The topological polar surface area (TPSA) is 136 Å². The van der Waals surface area contributed by atoms with Crippen molar-refractivity contribution in [1.29, 1.82) is 0 Å². The Bertz CT molecular complexity index is 1770. The van der Waals surface area contributed by atoms with Crippen LogP contribution < -0.4 is 5.32 Å². The lowest BCUT2D eigenvalue weighted by atomic mass is 9.42. The highest BCUT2D eigenvalue weighted by Gasteiger charge is 2.73. The lowest BCUT2D eigenvalue weighted by Crippen LogP contribution is -2.71. The molecule has 3 heterocycles. The fraction of sp³-hybridized carbons (Fsp3) is 0.581. The van der Waals surface area contributed by atoms with E-state index in [0.29, 0.717) is 5.69 Å². The van der Waals surface area contributed by atoms with Gasteiger partial charge in [-0.1, -0.05) is 30.3 Å². The molecule has 1 saturated heterocycles. The zero-order valence-electron chi connectivity index (χ0n) is 25.3. The third kappa shape index (κ3) is 6.16. The summed E-state index contributed by atoms with van der Waals surface area (Å²) in [6.45, 7) is -0.0535. The SMILES string of the molecule is O=C(N[C@H](c1cn2ncc(C3CS(=O)(=O)CCN3C(=O)C34CC(F)(C3)C4)nc2n1)C1CCC(C(F)(F)F)CC1)OCc1ccccc1. The molecule has 2 amide bonds. The van der Waals surface area contributed by atoms with E-state index in [-0.39, 0.29) is 92.9 Å². The molecule has 8 rings (SSSR count). The Morgan fingerprint density at radius 2 is 1.77 bits per heavy atom. The Kier molecular flexibility index (Phi) is 7.71. The molecule has 4 aliphatic carbocycles. The highest BCUT2D eigenvalue weighted by molar-refractivity contribution is 7.91. The third-order valence-corrected chi connectivity index (χ3v) is 11.8. The molecule has 3 aromatic rings. The highest BCUT2D eigenvalue weighted by Crippen LogP contribution is 2.70. The lowest BCUT2D eigenvalue weighted by molar-refractivity contribution is -0.223. The number of hydrogen-bond acceptors (Lipinski definition) is 8. The van der Waals surface area contributed by atoms with Crippen molar-refractivity contribution in [3.8, 4) is 0 Å². The van der Waals surface area contributed by atoms with Crippen molar-refractivity contribution in [1.82, 2.24) is 29.8 Å². The van der Waals surface area contributed by atoms with Crippen molar-refractivity contribution in [2.75, 3.05) is 18.1 Å². The van der Waals surface area contributed by atoms with Crippen LogP contribution in [0.1, 0.15) is 74.0 Å². The quantitative estimate of drug-likeness (QED) is 0.357. The Morgan fingerprint density at radius 3 is 2.43 bits per heavy atom. The van der Waals surface area contributed by atoms with Crippen molar-refractivity contribution in [2.45, 2.75) is 75.5 Å². The summed E-state index contributed by atoms with van der Waals surface area (Å²) in [6.07, 6.45) is -1.59. The second-order valence-electron chi connectivity index (χ2n) is 13.5. The van der Waals surface area contributed by atoms with Crippen molar-refractivity contribution in [2.24, 2.45) is 17.3 Å². The minimum Gasteiger partial charge on any atom is -0.445 e. The molecule has 5 aliphatic rings. The summed E-state index contributed by atoms with van der Waals surface area (Å²) in [5.41, 5.74) is -0.840. The molecular weight excluding hydrogens is 644 g/mol. The van der Waals surface area contributed by atoms with Crippen LogP contribution in [0.25, 0.3) is 5.78 Å². The van der Waals surface area contributed by atoms with Gasteiger partial charge in [-0.2, -0.15) is 18.3 Å². The Balaban J connectivity index is 1.14. The van der Waals surface area contributed by atoms with Crippen molar-refractivity contribution < 1.29 is 40.3 Å². The first kappa shape index (κ1) is 31.8. The van der Waals surface area contributed by atoms with Gasteiger partial charge in [0.2, 0.25) is 5.91 Å². The summed E-state index contributed by atoms with van der Waals surface area (Å²) >= 11 is 0. The van der Waals surface area contributed by atoms with E-state index in [1.165, 1.54) is 21.8 Å². The summed E-state index contributed by atoms with van der Waals surface area (Å²) in [4.78, 5) is 37.1. The van der Waals surface area contributed by atoms with E-state index in [9.17, 15) is 35.6 Å². The fourth-order valence-corrected chi connectivity index (χ4v) is 9.18. The van der Waals surface area contributed by atoms with Gasteiger partial charge in [-0.3, -0.25) is 4.79 Å². The molecule has 11 nitrogen and oxygen atoms in total. The number of sulfone groups is 1. The molecule has 1 unspecified atom stereocenters. The van der Waals surface area contributed by atoms with E-state index >= 15 is 0 Å². The number of halogens is 4. The number of fused-ring (bicyclic) bond motifs is 1. The predicted octanol–water partition coefficient (Wildman–Crippen LogP) is 4.65. The molecule has 1 N–H and O–H groups in total. The zero-order valence-corrected chi connectivity index (χ0v) is 26.1. The summed E-state index contributed by atoms with van der Waals surface area (Å²) in [5.74, 6) is -2.60. The van der Waals surface area contributed by atoms with Crippen LogP contribution in [0.15, 0.2) is 42.7 Å². The number of alkyl halides is 4. The van der Waals surface area contributed by atoms with Gasteiger partial charge in [0, 0.05) is 6.54 Å². The first-order valence-electron chi connectivity index (χ1n) is 15.7. The number of nitrogens with one attached hydrogen (secondary N) is 1. The van der Waals surface area contributed by atoms with Crippen LogP contribution in [-0.2, 0) is 26.0 Å². The zero-order chi connectivity index (χ0) is 33.2. The number of ether oxygens (including phenoxy) is 1. The number of amides is 2. The summed E-state index contributed by atoms with van der Waals surface area (Å²) in [6, 6.07) is 7.25. The maximum atomic E-state index is 14.3. The monoisotopic (exact) mass is 678 g/mol. The molecule has 4 saturated carbocycles. The van der Waals surface area contributed by atoms with Crippen molar-refractivity contribution in [3.63, 3.8) is 0 Å². The summed E-state index contributed by atoms with van der Waals surface area (Å²) in [5, 5.41) is 7.17. The van der Waals surface area contributed by atoms with Crippen LogP contribution in [0.2, 0.25) is 0 Å². The number of imidazole rings is 1. The first-order chi connectivity index (χ1) is 22.2. The van der Waals surface area contributed by atoms with Crippen LogP contribution in [0, 0.1) is 17.3 Å². The second kappa shape index (κ2) is 11.4. The molecule has 5 fully saturated rings. The number of carbonyl (C=O) groups excluding carboxylic acids is 2. The fourth-order valence-electron chi connectivity index (χ4n) is 7.71. The van der Waals surface area contributed by atoms with Gasteiger partial charge < -0.3 is 15.0 Å². The van der Waals surface area contributed by atoms with Gasteiger partial charge in [0.25, 0.3) is 5.78 Å². The van der Waals surface area contributed by atoms with E-state index in [1.807, 2.05) is 6.07 Å². The minimum absolute atomic E-state index is 0.00897. The van der Waals surface area contributed by atoms with Gasteiger partial charge >= 0.3 is 12.3 Å². The number of nitrogens with zero attached hydrogens (tertiary/aromatic N) is 5. The van der Waals surface area contributed by atoms with E-state index in [0.717, 1.165) is 5.56 Å². The smallest absolute Gasteiger partial charge is 0.408 e. The molecule has 2 bridgehead atoms. The maximum Gasteiger partial charge on any atom is 0.408 e. The summed E-state index contributed by atoms with van der Waals surface area (Å²) in [7, 11) is -3.51. The molecule has 47 heavy (non-hydrogen) atoms. The van der Waals surface area contributed by atoms with Gasteiger partial charge in [-0.25, -0.2) is 32.1 Å². The van der Waals surface area contributed by atoms with E-state index < -0.39 is 51.2 Å². The highest BCUT2D eigenvalue weighted by atomic mass is 32.2. The number of hydrogen-bond donors (Lipinski definition) is 1. The molecule has 252 valence electrons. The van der Waals surface area contributed by atoms with Crippen molar-refractivity contribution in [3.05, 3.63) is 59.7 Å². The average molecular weight is 679 g/mol. The molecule has 2 aromatic heterocycles. The Morgan fingerprint density at radius 1 is 1.06 bits per heavy atom. The molecule has 16 heteroatoms. The van der Waals surface area contributed by atoms with Crippen LogP contribution in [-0.4, -0.2) is 74.8 Å². The number of alkyl carbamates (subject to hydrolysis) is 1. The normalized spacial score (nSPS) is 30.6. The maximum absolute atomic E-state index is 14.3. The van der Waals surface area contributed by atoms with Gasteiger partial charge in [-0.15, -0.1) is 0 Å². The standard InChI is InChI=1S/C31H34F4N6O5S/c32-30-16-29(17-30,18-30)26(42)40-10-11-47(44,45)15-24(40)22-12-36-41-13-23(38-27(41)37-22)25(20-6-8-21(9-7-20)31(33,34)35)39-28(43)46-14-19-4-2-1-3-5-19/h1-5,12-13,20-21,24-25H,6-11,14-18H2,(H,39,43)/t20?,21?,24?,25-,29?,30?/m0/s1. The van der Waals surface area contributed by atoms with Gasteiger partial charge in [0.15, 0.2) is 9.84 Å². The second-order valence-corrected chi connectivity index (χ2v) is 15.7. The molecule has 1 aromatic carbocycles. The Labute approximate surface area is 268 Å².